The van der Waals surface area contributed by atoms with Crippen molar-refractivity contribution in [2.45, 2.75) is 271 Å². The number of pyridine rings is 2. The van der Waals surface area contributed by atoms with Gasteiger partial charge < -0.3 is 0 Å². The number of aryl methyl sites for hydroxylation is 6. The summed E-state index contributed by atoms with van der Waals surface area (Å²) in [6.45, 7) is 70.8. The summed E-state index contributed by atoms with van der Waals surface area (Å²) in [6.07, 6.45) is 15.5. The third kappa shape index (κ3) is 21.3. The molecule has 0 aliphatic rings. The van der Waals surface area contributed by atoms with Crippen LogP contribution in [0.2, 0.25) is 0 Å². The number of aromatic nitrogens is 10. The van der Waals surface area contributed by atoms with E-state index in [4.69, 9.17) is 0 Å². The molecule has 7 heterocycles. The van der Waals surface area contributed by atoms with Crippen LogP contribution in [0.1, 0.15) is 287 Å². The van der Waals surface area contributed by atoms with Gasteiger partial charge in [-0.2, -0.15) is 13.7 Å². The summed E-state index contributed by atoms with van der Waals surface area (Å²) in [4.78, 5) is 0. The van der Waals surface area contributed by atoms with E-state index in [-0.39, 0.29) is 32.5 Å². The Morgan fingerprint density at radius 1 is 0.305 bits per heavy atom. The second-order valence-corrected chi connectivity index (χ2v) is 46.9. The Morgan fingerprint density at radius 3 is 1.14 bits per heavy atom. The summed E-state index contributed by atoms with van der Waals surface area (Å²) in [5.41, 5.74) is 39.3. The van der Waals surface area contributed by atoms with Crippen LogP contribution in [0, 0.1) is 34.6 Å². The molecule has 0 bridgehead atoms. The van der Waals surface area contributed by atoms with E-state index < -0.39 is 0 Å². The standard InChI is InChI=1S/C33H41N2.C27H33N2.C27H37N2.C23H25N2.C21H25N2/c1-22(2)26-17-13-18-27(23(3)4)31(26)35-21-30(34(9)32(35)25-15-11-10-12-16-25)28-19-14-20-29(24(28)5)33(6,7)8;1-18-22(27(5,6)7)14-13-21-20-11-9-10-12-23(20)29(25(18)21)24-17-19(26(2,3)4)15-16-28(24)8;1-18(2)21-12-10-13-22(19(3)4)26(21)29-16-25(28(9)17-29)23-14-11-15-24(20(23)5)27(6,7)8;1-16-19(23(2,3)4)14-13-18-17-10-6-7-11-20(17)25(22(16)18)21-12-8-9-15-24(21)5;1-16-18(12-9-13-19(16)21(2,3)4)20-14-23(15-22(20)5)17-10-7-6-8-11-17/h10-23H,1-9H3;9-17H,1-8H3;10-19H,1-9H3;6-15H,1-5H3;6-15H,1-5H3/q5*+1. The molecule has 730 valence electrons. The Balaban J connectivity index is 0.000000141. The molecule has 0 saturated carbocycles. The van der Waals surface area contributed by atoms with Gasteiger partial charge in [0.1, 0.15) is 57.7 Å². The number of imidazole rings is 3. The average Bonchev–Trinajstić information content (AvgIpc) is 1.58. The Hall–Kier alpha value is -13.1. The van der Waals surface area contributed by atoms with Gasteiger partial charge in [0.15, 0.2) is 17.1 Å². The molecule has 18 rings (SSSR count). The van der Waals surface area contributed by atoms with Crippen molar-refractivity contribution >= 4 is 43.6 Å². The van der Waals surface area contributed by atoms with Gasteiger partial charge in [-0.05, 0) is 214 Å². The van der Waals surface area contributed by atoms with Crippen LogP contribution in [0.15, 0.2) is 298 Å². The van der Waals surface area contributed by atoms with Crippen LogP contribution in [0.5, 0.6) is 0 Å². The smallest absolute Gasteiger partial charge is 0.237 e. The van der Waals surface area contributed by atoms with Crippen molar-refractivity contribution in [3.8, 4) is 73.9 Å². The monoisotopic (exact) mass is 1870 g/mol. The zero-order valence-electron chi connectivity index (χ0n) is 92.1. The molecule has 0 amide bonds. The summed E-state index contributed by atoms with van der Waals surface area (Å²) in [7, 11) is 10.7. The lowest BCUT2D eigenvalue weighted by atomic mass is 9.82. The zero-order valence-corrected chi connectivity index (χ0v) is 92.1. The molecule has 141 heavy (non-hydrogen) atoms. The minimum absolute atomic E-state index is 0.0958. The van der Waals surface area contributed by atoms with Gasteiger partial charge in [0.2, 0.25) is 12.7 Å². The molecule has 10 nitrogen and oxygen atoms in total. The first-order valence-corrected chi connectivity index (χ1v) is 51.3. The fourth-order valence-electron chi connectivity index (χ4n) is 21.6. The molecular formula is C131H161N10+5. The highest BCUT2D eigenvalue weighted by molar-refractivity contribution is 6.11. The average molecular weight is 1880 g/mol. The van der Waals surface area contributed by atoms with E-state index in [0.717, 1.165) is 0 Å². The van der Waals surface area contributed by atoms with Crippen molar-refractivity contribution in [3.63, 3.8) is 0 Å². The number of rotatable bonds is 13. The Bertz CT molecular complexity index is 7510. The second kappa shape index (κ2) is 40.9. The van der Waals surface area contributed by atoms with Crippen LogP contribution in [-0.2, 0) is 67.7 Å². The maximum absolute atomic E-state index is 2.46. The van der Waals surface area contributed by atoms with Crippen molar-refractivity contribution in [2.24, 2.45) is 35.2 Å². The Morgan fingerprint density at radius 2 is 0.695 bits per heavy atom. The molecule has 0 fully saturated rings. The second-order valence-electron chi connectivity index (χ2n) is 46.9. The fourth-order valence-corrected chi connectivity index (χ4v) is 21.6. The molecule has 10 heteroatoms. The zero-order chi connectivity index (χ0) is 103. The van der Waals surface area contributed by atoms with Crippen LogP contribution < -0.4 is 22.8 Å². The third-order valence-corrected chi connectivity index (χ3v) is 28.8. The van der Waals surface area contributed by atoms with E-state index in [1.807, 2.05) is 6.07 Å². The highest BCUT2D eigenvalue weighted by Crippen LogP contribution is 2.44. The van der Waals surface area contributed by atoms with Gasteiger partial charge >= 0.3 is 0 Å². The molecule has 7 aromatic heterocycles. The highest BCUT2D eigenvalue weighted by Gasteiger charge is 2.36. The van der Waals surface area contributed by atoms with Gasteiger partial charge in [-0.15, -0.1) is 0 Å². The first-order chi connectivity index (χ1) is 66.3. The van der Waals surface area contributed by atoms with Crippen molar-refractivity contribution < 1.29 is 22.8 Å². The van der Waals surface area contributed by atoms with E-state index in [1.54, 1.807) is 0 Å². The van der Waals surface area contributed by atoms with E-state index in [1.165, 1.54) is 201 Å². The third-order valence-electron chi connectivity index (χ3n) is 28.8. The number of benzene rings is 11. The van der Waals surface area contributed by atoms with Gasteiger partial charge in [-0.3, -0.25) is 0 Å². The van der Waals surface area contributed by atoms with Crippen LogP contribution in [0.4, 0.5) is 0 Å². The van der Waals surface area contributed by atoms with Gasteiger partial charge in [-0.1, -0.05) is 350 Å². The minimum atomic E-state index is 0.0958. The number of hydrogen-bond donors (Lipinski definition) is 0. The molecule has 0 radical (unpaired) electrons. The maximum Gasteiger partial charge on any atom is 0.294 e. The first kappa shape index (κ1) is 104. The quantitative estimate of drug-likeness (QED) is 0.103. The molecule has 0 unspecified atom stereocenters. The summed E-state index contributed by atoms with van der Waals surface area (Å²) in [6, 6.07) is 92.6. The predicted octanol–water partition coefficient (Wildman–Crippen LogP) is 31.6. The van der Waals surface area contributed by atoms with E-state index in [9.17, 15) is 0 Å². The van der Waals surface area contributed by atoms with E-state index in [0.29, 0.717) is 23.7 Å². The topological polar surface area (TPSA) is 44.0 Å². The highest BCUT2D eigenvalue weighted by atomic mass is 15.2. The molecule has 11 aromatic carbocycles. The molecule has 0 atom stereocenters. The van der Waals surface area contributed by atoms with Gasteiger partial charge in [-0.25, -0.2) is 32.0 Å². The lowest BCUT2D eigenvalue weighted by Gasteiger charge is -2.22. The molecule has 0 aliphatic carbocycles. The van der Waals surface area contributed by atoms with Crippen LogP contribution in [-0.4, -0.2) is 22.8 Å². The van der Waals surface area contributed by atoms with E-state index in [2.05, 4.69) is 588 Å². The molecule has 0 aliphatic heterocycles. The maximum atomic E-state index is 2.46. The molecular weight excluding hydrogens is 1710 g/mol. The molecule has 0 saturated heterocycles. The molecule has 0 N–H and O–H groups in total. The Labute approximate surface area is 845 Å². The summed E-state index contributed by atoms with van der Waals surface area (Å²) < 4.78 is 23.1. The first-order valence-electron chi connectivity index (χ1n) is 51.3. The fraction of sp³-hybridized carbons (Fsp3) is 0.351. The summed E-state index contributed by atoms with van der Waals surface area (Å²) in [5.74, 6) is 5.40. The predicted molar refractivity (Wildman–Crippen MR) is 599 cm³/mol. The lowest BCUT2D eigenvalue weighted by molar-refractivity contribution is -0.665. The number of para-hydroxylation sites is 5. The lowest BCUT2D eigenvalue weighted by Crippen LogP contribution is -2.35. The van der Waals surface area contributed by atoms with Crippen molar-refractivity contribution in [3.05, 3.63) is 382 Å². The summed E-state index contributed by atoms with van der Waals surface area (Å²) in [5, 5.41) is 5.27. The van der Waals surface area contributed by atoms with Crippen molar-refractivity contribution in [2.75, 3.05) is 0 Å². The SMILES string of the molecule is Cc1c(-c2c[n+](-c3c(C(C)C)cccc3C(C)C)c(-c3ccccc3)n2C)cccc1C(C)(C)C.Cc1c(-c2c[n+](-c3c(C(C)C)cccc3C(C)C)cn2C)cccc1C(C)(C)C.Cc1c(-c2cn(-c3ccccc3)c[n+]2C)cccc1C(C)(C)C.Cc1c(C(C)(C)C)ccc2c3ccccc3n(-c3cc(C(C)(C)C)cc[n+]3C)c12.Cc1c(C(C)(C)C)ccc2c3ccccc3n(-c3cccc[n+]3C)c12. The van der Waals surface area contributed by atoms with Crippen molar-refractivity contribution in [1.29, 1.82) is 0 Å². The number of hydrogen-bond acceptors (Lipinski definition) is 0. The molecule has 18 aromatic rings. The normalized spacial score (nSPS) is 12.2. The largest absolute Gasteiger partial charge is 0.294 e. The van der Waals surface area contributed by atoms with Crippen LogP contribution in [0.25, 0.3) is 117 Å². The van der Waals surface area contributed by atoms with E-state index >= 15 is 0 Å². The molecule has 0 spiro atoms. The van der Waals surface area contributed by atoms with Gasteiger partial charge in [0.25, 0.3) is 17.5 Å². The van der Waals surface area contributed by atoms with Gasteiger partial charge in [0.05, 0.1) is 53.2 Å². The van der Waals surface area contributed by atoms with Gasteiger partial charge in [0, 0.05) is 83.7 Å². The van der Waals surface area contributed by atoms with Crippen LogP contribution >= 0.6 is 0 Å². The van der Waals surface area contributed by atoms with Crippen LogP contribution in [0.3, 0.4) is 0 Å². The minimum Gasteiger partial charge on any atom is -0.237 e. The number of fused-ring (bicyclic) bond motifs is 6. The number of nitrogens with zero attached hydrogens (tertiary/aromatic N) is 10. The summed E-state index contributed by atoms with van der Waals surface area (Å²) >= 11 is 0. The van der Waals surface area contributed by atoms with Crippen molar-refractivity contribution in [1.82, 2.24) is 22.8 Å². The Kier molecular flexibility index (Phi) is 30.1.